The van der Waals surface area contributed by atoms with Gasteiger partial charge in [0.25, 0.3) is 0 Å². The van der Waals surface area contributed by atoms with Crippen molar-refractivity contribution in [2.75, 3.05) is 6.54 Å². The summed E-state index contributed by atoms with van der Waals surface area (Å²) in [6.45, 7) is 1.34. The molecule has 0 bridgehead atoms. The molecule has 0 saturated heterocycles. The average molecular weight is 188 g/mol. The van der Waals surface area contributed by atoms with E-state index in [1.165, 1.54) is 0 Å². The first-order valence-electron chi connectivity index (χ1n) is 4.54. The van der Waals surface area contributed by atoms with Crippen LogP contribution >= 0.6 is 0 Å². The third-order valence-electron chi connectivity index (χ3n) is 1.95. The molecule has 0 saturated carbocycles. The molecule has 2 N–H and O–H groups in total. The van der Waals surface area contributed by atoms with Crippen LogP contribution in [0.15, 0.2) is 36.8 Å². The number of hydrogen-bond acceptors (Lipinski definition) is 3. The molecule has 0 atom stereocenters. The van der Waals surface area contributed by atoms with Gasteiger partial charge in [0.15, 0.2) is 0 Å². The molecule has 4 nitrogen and oxygen atoms in total. The van der Waals surface area contributed by atoms with Gasteiger partial charge in [0.1, 0.15) is 0 Å². The van der Waals surface area contributed by atoms with Crippen LogP contribution in [0, 0.1) is 0 Å². The Morgan fingerprint density at radius 3 is 3.00 bits per heavy atom. The van der Waals surface area contributed by atoms with Crippen LogP contribution in [0.2, 0.25) is 0 Å². The van der Waals surface area contributed by atoms with Gasteiger partial charge in [0.05, 0.1) is 18.4 Å². The summed E-state index contributed by atoms with van der Waals surface area (Å²) in [5.74, 6) is 0. The predicted octanol–water partition coefficient (Wildman–Crippen LogP) is 0.904. The summed E-state index contributed by atoms with van der Waals surface area (Å²) in [6.07, 6.45) is 5.53. The molecule has 2 aromatic rings. The fourth-order valence-corrected chi connectivity index (χ4v) is 1.28. The molecule has 2 heterocycles. The van der Waals surface area contributed by atoms with E-state index in [1.54, 1.807) is 12.4 Å². The van der Waals surface area contributed by atoms with Gasteiger partial charge >= 0.3 is 0 Å². The van der Waals surface area contributed by atoms with Crippen LogP contribution in [-0.2, 0) is 6.54 Å². The first-order chi connectivity index (χ1) is 6.90. The van der Waals surface area contributed by atoms with Crippen molar-refractivity contribution in [2.24, 2.45) is 5.73 Å². The summed E-state index contributed by atoms with van der Waals surface area (Å²) in [5.41, 5.74) is 7.40. The van der Waals surface area contributed by atoms with E-state index < -0.39 is 0 Å². The predicted molar refractivity (Wildman–Crippen MR) is 54.5 cm³/mol. The summed E-state index contributed by atoms with van der Waals surface area (Å²) >= 11 is 0. The second-order valence-corrected chi connectivity index (χ2v) is 3.00. The zero-order valence-corrected chi connectivity index (χ0v) is 7.80. The highest BCUT2D eigenvalue weighted by atomic mass is 15.3. The van der Waals surface area contributed by atoms with Crippen LogP contribution in [0.5, 0.6) is 0 Å². The second-order valence-electron chi connectivity index (χ2n) is 3.00. The fraction of sp³-hybridized carbons (Fsp3) is 0.200. The van der Waals surface area contributed by atoms with Crippen LogP contribution in [0.25, 0.3) is 11.3 Å². The quantitative estimate of drug-likeness (QED) is 0.778. The molecule has 2 rings (SSSR count). The number of pyridine rings is 1. The monoisotopic (exact) mass is 188 g/mol. The Balaban J connectivity index is 2.25. The molecule has 0 aromatic carbocycles. The third-order valence-corrected chi connectivity index (χ3v) is 1.95. The van der Waals surface area contributed by atoms with Gasteiger partial charge in [-0.3, -0.25) is 9.67 Å². The lowest BCUT2D eigenvalue weighted by Gasteiger charge is -1.95. The molecule has 0 aliphatic rings. The molecule has 4 heteroatoms. The van der Waals surface area contributed by atoms with Gasteiger partial charge in [0, 0.05) is 24.5 Å². The molecule has 2 aromatic heterocycles. The van der Waals surface area contributed by atoms with E-state index in [0.717, 1.165) is 17.8 Å². The Morgan fingerprint density at radius 2 is 2.29 bits per heavy atom. The molecular weight excluding hydrogens is 176 g/mol. The number of hydrogen-bond donors (Lipinski definition) is 1. The maximum atomic E-state index is 5.43. The SMILES string of the molecule is NCCn1cc(-c2ccccn2)cn1. The molecule has 0 aliphatic carbocycles. The zero-order chi connectivity index (χ0) is 9.80. The lowest BCUT2D eigenvalue weighted by Crippen LogP contribution is -2.09. The smallest absolute Gasteiger partial charge is 0.0733 e. The maximum absolute atomic E-state index is 5.43. The summed E-state index contributed by atoms with van der Waals surface area (Å²) < 4.78 is 1.82. The van der Waals surface area contributed by atoms with E-state index in [0.29, 0.717) is 6.54 Å². The molecule has 0 unspecified atom stereocenters. The van der Waals surface area contributed by atoms with Crippen LogP contribution < -0.4 is 5.73 Å². The standard InChI is InChI=1S/C10H12N4/c11-4-6-14-8-9(7-13-14)10-3-1-2-5-12-10/h1-3,5,7-8H,4,6,11H2. The summed E-state index contributed by atoms with van der Waals surface area (Å²) in [6, 6.07) is 5.82. The van der Waals surface area contributed by atoms with Gasteiger partial charge in [-0.05, 0) is 12.1 Å². The van der Waals surface area contributed by atoms with Crippen molar-refractivity contribution in [3.05, 3.63) is 36.8 Å². The Bertz CT molecular complexity index is 394. The highest BCUT2D eigenvalue weighted by molar-refractivity contribution is 5.56. The second kappa shape index (κ2) is 4.02. The molecule has 0 radical (unpaired) electrons. The van der Waals surface area contributed by atoms with Crippen LogP contribution in [-0.4, -0.2) is 21.3 Å². The number of nitrogens with zero attached hydrogens (tertiary/aromatic N) is 3. The van der Waals surface area contributed by atoms with Gasteiger partial charge in [-0.2, -0.15) is 5.10 Å². The van der Waals surface area contributed by atoms with Crippen molar-refractivity contribution >= 4 is 0 Å². The normalized spacial score (nSPS) is 10.4. The lowest BCUT2D eigenvalue weighted by molar-refractivity contribution is 0.625. The minimum absolute atomic E-state index is 0.601. The average Bonchev–Trinajstić information content (AvgIpc) is 2.68. The molecule has 0 fully saturated rings. The van der Waals surface area contributed by atoms with E-state index in [9.17, 15) is 0 Å². The summed E-state index contributed by atoms with van der Waals surface area (Å²) in [5, 5.41) is 4.18. The van der Waals surface area contributed by atoms with Crippen molar-refractivity contribution < 1.29 is 0 Å². The van der Waals surface area contributed by atoms with Gasteiger partial charge in [-0.1, -0.05) is 6.07 Å². The topological polar surface area (TPSA) is 56.7 Å². The molecular formula is C10H12N4. The first kappa shape index (κ1) is 8.90. The lowest BCUT2D eigenvalue weighted by atomic mass is 10.2. The van der Waals surface area contributed by atoms with Gasteiger partial charge < -0.3 is 5.73 Å². The van der Waals surface area contributed by atoms with E-state index in [2.05, 4.69) is 10.1 Å². The van der Waals surface area contributed by atoms with Crippen LogP contribution in [0.3, 0.4) is 0 Å². The number of aromatic nitrogens is 3. The molecule has 0 aliphatic heterocycles. The largest absolute Gasteiger partial charge is 0.329 e. The summed E-state index contributed by atoms with van der Waals surface area (Å²) in [7, 11) is 0. The Labute approximate surface area is 82.4 Å². The fourth-order valence-electron chi connectivity index (χ4n) is 1.28. The van der Waals surface area contributed by atoms with Crippen molar-refractivity contribution in [2.45, 2.75) is 6.54 Å². The van der Waals surface area contributed by atoms with E-state index in [1.807, 2.05) is 29.1 Å². The first-order valence-corrected chi connectivity index (χ1v) is 4.54. The van der Waals surface area contributed by atoms with Gasteiger partial charge in [0.2, 0.25) is 0 Å². The van der Waals surface area contributed by atoms with Crippen molar-refractivity contribution in [3.8, 4) is 11.3 Å². The third kappa shape index (κ3) is 1.80. The summed E-state index contributed by atoms with van der Waals surface area (Å²) in [4.78, 5) is 4.24. The van der Waals surface area contributed by atoms with Crippen molar-refractivity contribution in [1.29, 1.82) is 0 Å². The van der Waals surface area contributed by atoms with E-state index in [-0.39, 0.29) is 0 Å². The maximum Gasteiger partial charge on any atom is 0.0733 e. The van der Waals surface area contributed by atoms with Crippen LogP contribution in [0.1, 0.15) is 0 Å². The minimum atomic E-state index is 0.601. The van der Waals surface area contributed by atoms with Crippen molar-refractivity contribution in [1.82, 2.24) is 14.8 Å². The van der Waals surface area contributed by atoms with E-state index >= 15 is 0 Å². The van der Waals surface area contributed by atoms with Gasteiger partial charge in [-0.25, -0.2) is 0 Å². The minimum Gasteiger partial charge on any atom is -0.329 e. The molecule has 14 heavy (non-hydrogen) atoms. The Morgan fingerprint density at radius 1 is 1.36 bits per heavy atom. The number of nitrogens with two attached hydrogens (primary N) is 1. The molecule has 0 spiro atoms. The number of rotatable bonds is 3. The molecule has 0 amide bonds. The Kier molecular flexibility index (Phi) is 2.55. The zero-order valence-electron chi connectivity index (χ0n) is 7.80. The molecule has 72 valence electrons. The van der Waals surface area contributed by atoms with Gasteiger partial charge in [-0.15, -0.1) is 0 Å². The van der Waals surface area contributed by atoms with E-state index in [4.69, 9.17) is 5.73 Å². The van der Waals surface area contributed by atoms with Crippen molar-refractivity contribution in [3.63, 3.8) is 0 Å². The Hall–Kier alpha value is -1.68. The van der Waals surface area contributed by atoms with Crippen LogP contribution in [0.4, 0.5) is 0 Å². The highest BCUT2D eigenvalue weighted by Gasteiger charge is 2.00. The highest BCUT2D eigenvalue weighted by Crippen LogP contribution is 2.14.